The number of unbranched alkanes of at least 4 members (excludes halogenated alkanes) is 1. The summed E-state index contributed by atoms with van der Waals surface area (Å²) >= 11 is 0. The fourth-order valence-electron chi connectivity index (χ4n) is 2.68. The summed E-state index contributed by atoms with van der Waals surface area (Å²) in [5, 5.41) is 0. The van der Waals surface area contributed by atoms with E-state index in [-0.39, 0.29) is 24.1 Å². The van der Waals surface area contributed by atoms with Crippen LogP contribution in [0.3, 0.4) is 0 Å². The molecule has 0 amide bonds. The predicted octanol–water partition coefficient (Wildman–Crippen LogP) is 3.88. The number of hydrogen-bond acceptors (Lipinski definition) is 3. The minimum absolute atomic E-state index is 0.116. The first kappa shape index (κ1) is 17.3. The first-order chi connectivity index (χ1) is 11.1. The van der Waals surface area contributed by atoms with Crippen LogP contribution < -0.4 is 0 Å². The highest BCUT2D eigenvalue weighted by atomic mass is 16.6. The van der Waals surface area contributed by atoms with Crippen LogP contribution in [0.25, 0.3) is 0 Å². The molecule has 1 aliphatic heterocycles. The van der Waals surface area contributed by atoms with Gasteiger partial charge in [-0.25, -0.2) is 0 Å². The normalized spacial score (nSPS) is 21.0. The van der Waals surface area contributed by atoms with E-state index in [0.29, 0.717) is 13.0 Å². The summed E-state index contributed by atoms with van der Waals surface area (Å²) in [5.74, 6) is 2.37. The van der Waals surface area contributed by atoms with Gasteiger partial charge in [0.25, 0.3) is 0 Å². The van der Waals surface area contributed by atoms with Crippen molar-refractivity contribution in [1.29, 1.82) is 0 Å². The lowest BCUT2D eigenvalue weighted by Gasteiger charge is -2.38. The second-order valence-corrected chi connectivity index (χ2v) is 6.04. The van der Waals surface area contributed by atoms with Crippen molar-refractivity contribution < 1.29 is 14.3 Å². The van der Waals surface area contributed by atoms with Crippen molar-refractivity contribution in [2.45, 2.75) is 51.4 Å². The average molecular weight is 312 g/mol. The monoisotopic (exact) mass is 312 g/mol. The van der Waals surface area contributed by atoms with Crippen molar-refractivity contribution >= 4 is 5.97 Å². The van der Waals surface area contributed by atoms with Gasteiger partial charge in [-0.1, -0.05) is 42.5 Å². The second-order valence-electron chi connectivity index (χ2n) is 6.04. The van der Waals surface area contributed by atoms with Gasteiger partial charge < -0.3 is 9.47 Å². The first-order valence-corrected chi connectivity index (χ1v) is 8.08. The van der Waals surface area contributed by atoms with E-state index in [9.17, 15) is 4.79 Å². The van der Waals surface area contributed by atoms with Gasteiger partial charge >= 0.3 is 5.97 Å². The first-order valence-electron chi connectivity index (χ1n) is 8.08. The maximum atomic E-state index is 11.4. The predicted molar refractivity (Wildman–Crippen MR) is 90.5 cm³/mol. The maximum absolute atomic E-state index is 11.4. The molecule has 0 unspecified atom stereocenters. The average Bonchev–Trinajstić information content (AvgIpc) is 2.57. The number of ether oxygens (including phenoxy) is 2. The van der Waals surface area contributed by atoms with Gasteiger partial charge in [0, 0.05) is 6.42 Å². The van der Waals surface area contributed by atoms with Crippen LogP contribution in [0.15, 0.2) is 42.5 Å². The van der Waals surface area contributed by atoms with Crippen LogP contribution in [0.1, 0.15) is 38.2 Å². The Morgan fingerprint density at radius 2 is 2.17 bits per heavy atom. The number of esters is 1. The van der Waals surface area contributed by atoms with Crippen LogP contribution in [-0.4, -0.2) is 18.2 Å². The molecule has 3 atom stereocenters. The zero-order valence-electron chi connectivity index (χ0n) is 13.7. The van der Waals surface area contributed by atoms with Gasteiger partial charge in [-0.15, -0.1) is 12.3 Å². The molecule has 3 nitrogen and oxygen atoms in total. The number of benzene rings is 1. The summed E-state index contributed by atoms with van der Waals surface area (Å²) in [6, 6.07) is 9.99. The molecule has 0 bridgehead atoms. The van der Waals surface area contributed by atoms with Crippen molar-refractivity contribution in [3.8, 4) is 12.3 Å². The SMILES string of the molecule is C#CCCCC(=C)C[C@H](OCc1ccccc1)[C@H]1OC(=O)[C@@H]1C. The Morgan fingerprint density at radius 3 is 2.78 bits per heavy atom. The maximum Gasteiger partial charge on any atom is 0.312 e. The van der Waals surface area contributed by atoms with Gasteiger partial charge in [0.2, 0.25) is 0 Å². The van der Waals surface area contributed by atoms with Gasteiger partial charge in [-0.05, 0) is 31.7 Å². The van der Waals surface area contributed by atoms with Crippen LogP contribution in [-0.2, 0) is 20.9 Å². The smallest absolute Gasteiger partial charge is 0.312 e. The summed E-state index contributed by atoms with van der Waals surface area (Å²) in [5.41, 5.74) is 2.20. The number of cyclic esters (lactones) is 1. The molecule has 1 heterocycles. The van der Waals surface area contributed by atoms with Crippen molar-refractivity contribution in [3.63, 3.8) is 0 Å². The molecule has 0 aliphatic carbocycles. The largest absolute Gasteiger partial charge is 0.458 e. The van der Waals surface area contributed by atoms with Gasteiger partial charge in [-0.3, -0.25) is 4.79 Å². The number of terminal acetylenes is 1. The highest BCUT2D eigenvalue weighted by Gasteiger charge is 2.44. The number of hydrogen-bond donors (Lipinski definition) is 0. The topological polar surface area (TPSA) is 35.5 Å². The van der Waals surface area contributed by atoms with Crippen LogP contribution in [0.2, 0.25) is 0 Å². The molecule has 122 valence electrons. The van der Waals surface area contributed by atoms with E-state index in [4.69, 9.17) is 15.9 Å². The highest BCUT2D eigenvalue weighted by Crippen LogP contribution is 2.30. The van der Waals surface area contributed by atoms with Crippen LogP contribution in [0.4, 0.5) is 0 Å². The van der Waals surface area contributed by atoms with Gasteiger partial charge in [0.1, 0.15) is 6.10 Å². The van der Waals surface area contributed by atoms with E-state index in [2.05, 4.69) is 12.5 Å². The Balaban J connectivity index is 1.91. The third-order valence-electron chi connectivity index (χ3n) is 4.13. The molecule has 0 aromatic heterocycles. The molecule has 23 heavy (non-hydrogen) atoms. The highest BCUT2D eigenvalue weighted by molar-refractivity contribution is 5.78. The molecule has 0 radical (unpaired) electrons. The summed E-state index contributed by atoms with van der Waals surface area (Å²) in [4.78, 5) is 11.4. The summed E-state index contributed by atoms with van der Waals surface area (Å²) in [6.07, 6.45) is 8.20. The van der Waals surface area contributed by atoms with E-state index in [1.165, 1.54) is 0 Å². The Morgan fingerprint density at radius 1 is 1.43 bits per heavy atom. The van der Waals surface area contributed by atoms with Gasteiger partial charge in [0.05, 0.1) is 18.6 Å². The van der Waals surface area contributed by atoms with Gasteiger partial charge in [0.15, 0.2) is 0 Å². The standard InChI is InChI=1S/C20H24O3/c1-4-5-7-10-15(2)13-18(19-16(3)20(21)23-19)22-14-17-11-8-6-9-12-17/h1,6,8-9,11-12,16,18-19H,2,5,7,10,13-14H2,3H3/t16-,18+,19+/m1/s1. The number of rotatable bonds is 9. The quantitative estimate of drug-likeness (QED) is 0.300. The fourth-order valence-corrected chi connectivity index (χ4v) is 2.68. The van der Waals surface area contributed by atoms with Crippen LogP contribution in [0.5, 0.6) is 0 Å². The minimum atomic E-state index is -0.185. The van der Waals surface area contributed by atoms with Crippen molar-refractivity contribution in [2.75, 3.05) is 0 Å². The Kier molecular flexibility index (Phi) is 6.43. The molecular weight excluding hydrogens is 288 g/mol. The summed E-state index contributed by atoms with van der Waals surface area (Å²) in [7, 11) is 0. The molecule has 2 rings (SSSR count). The molecule has 1 saturated heterocycles. The van der Waals surface area contributed by atoms with Crippen LogP contribution in [0, 0.1) is 18.3 Å². The second kappa shape index (κ2) is 8.55. The van der Waals surface area contributed by atoms with E-state index in [1.54, 1.807) is 0 Å². The lowest BCUT2D eigenvalue weighted by atomic mass is 9.90. The third kappa shape index (κ3) is 4.97. The van der Waals surface area contributed by atoms with E-state index in [0.717, 1.165) is 30.4 Å². The molecule has 0 spiro atoms. The Bertz CT molecular complexity index is 570. The van der Waals surface area contributed by atoms with Crippen molar-refractivity contribution in [3.05, 3.63) is 48.0 Å². The van der Waals surface area contributed by atoms with E-state index < -0.39 is 0 Å². The molecule has 3 heteroatoms. The molecule has 0 saturated carbocycles. The van der Waals surface area contributed by atoms with E-state index >= 15 is 0 Å². The Labute approximate surface area is 138 Å². The molecular formula is C20H24O3. The number of carbonyl (C=O) groups is 1. The minimum Gasteiger partial charge on any atom is -0.458 e. The molecule has 0 N–H and O–H groups in total. The zero-order valence-corrected chi connectivity index (χ0v) is 13.7. The molecule has 1 aliphatic rings. The zero-order chi connectivity index (χ0) is 16.7. The van der Waals surface area contributed by atoms with Crippen molar-refractivity contribution in [1.82, 2.24) is 0 Å². The number of carbonyl (C=O) groups excluding carboxylic acids is 1. The third-order valence-corrected chi connectivity index (χ3v) is 4.13. The lowest BCUT2D eigenvalue weighted by Crippen LogP contribution is -2.51. The molecule has 1 fully saturated rings. The molecule has 1 aromatic carbocycles. The Hall–Kier alpha value is -2.05. The molecule has 1 aromatic rings. The van der Waals surface area contributed by atoms with Crippen LogP contribution >= 0.6 is 0 Å². The van der Waals surface area contributed by atoms with E-state index in [1.807, 2.05) is 37.3 Å². The summed E-state index contributed by atoms with van der Waals surface area (Å²) < 4.78 is 11.3. The summed E-state index contributed by atoms with van der Waals surface area (Å²) in [6.45, 7) is 6.51. The fraction of sp³-hybridized carbons (Fsp3) is 0.450. The van der Waals surface area contributed by atoms with Gasteiger partial charge in [-0.2, -0.15) is 0 Å². The van der Waals surface area contributed by atoms with Crippen molar-refractivity contribution in [2.24, 2.45) is 5.92 Å². The lowest BCUT2D eigenvalue weighted by molar-refractivity contribution is -0.201.